The van der Waals surface area contributed by atoms with Crippen LogP contribution in [-0.2, 0) is 61.9 Å². The van der Waals surface area contributed by atoms with Crippen molar-refractivity contribution in [3.05, 3.63) is 156 Å². The van der Waals surface area contributed by atoms with Gasteiger partial charge >= 0.3 is 35.8 Å². The minimum atomic E-state index is -0.998. The van der Waals surface area contributed by atoms with E-state index in [-0.39, 0.29) is 83.5 Å². The van der Waals surface area contributed by atoms with E-state index in [1.807, 2.05) is 103 Å². The molecule has 14 nitrogen and oxygen atoms in total. The zero-order valence-corrected chi connectivity index (χ0v) is 43.7. The second kappa shape index (κ2) is 29.1. The number of carbonyl (C=O) groups is 7. The van der Waals surface area contributed by atoms with Crippen LogP contribution >= 0.6 is 0 Å². The van der Waals surface area contributed by atoms with Gasteiger partial charge in [0.1, 0.15) is 6.29 Å². The average Bonchev–Trinajstić information content (AvgIpc) is 4.45. The molecule has 11 rings (SSSR count). The van der Waals surface area contributed by atoms with Crippen LogP contribution in [0.4, 0.5) is 0 Å². The lowest BCUT2D eigenvalue weighted by Gasteiger charge is -2.25. The van der Waals surface area contributed by atoms with Gasteiger partial charge in [0.15, 0.2) is 0 Å². The van der Waals surface area contributed by atoms with Crippen LogP contribution in [0.2, 0.25) is 0 Å². The maximum Gasteiger partial charge on any atom is 0.316 e. The summed E-state index contributed by atoms with van der Waals surface area (Å²) in [4.78, 5) is 83.8. The Bertz CT molecular complexity index is 2440. The summed E-state index contributed by atoms with van der Waals surface area (Å²) in [5.74, 6) is -2.82. The summed E-state index contributed by atoms with van der Waals surface area (Å²) in [7, 11) is 0. The van der Waals surface area contributed by atoms with E-state index in [0.717, 1.165) is 88.9 Å². The molecule has 2 aliphatic heterocycles. The molecule has 408 valence electrons. The standard InChI is InChI=1S/C21H24O6.C21H24O4.C14H18O3.C7H6O/c22-19(13-6-8-15-17(10-13)24-15)26-21(12-4-2-1-3-5-12)27-20(23)14-7-9-16-18(11-14)25-16;22-19(16-10-4-1-5-11-16)24-21(18-14-8-3-9-15-18)25-20(23)17-12-6-2-7-13-17;15-13(11-7-3-1-4-8-11)17-14(16)12-9-5-2-6-10-12;8-6-7-4-2-1-3-5-7/h1-5,13-18,21H,6-11H2;1-4,6,8-9,14-17,21H,5,7,10-13H2;1-3,5,11-12H,4,6-10H2;1-6H. The van der Waals surface area contributed by atoms with Crippen molar-refractivity contribution >= 4 is 42.1 Å². The van der Waals surface area contributed by atoms with E-state index >= 15 is 0 Å². The molecule has 0 bridgehead atoms. The van der Waals surface area contributed by atoms with E-state index in [2.05, 4.69) is 24.3 Å². The minimum absolute atomic E-state index is 0.122. The van der Waals surface area contributed by atoms with Crippen LogP contribution in [0.15, 0.2) is 140 Å². The Morgan fingerprint density at radius 2 is 0.701 bits per heavy atom. The van der Waals surface area contributed by atoms with Crippen molar-refractivity contribution in [1.29, 1.82) is 0 Å². The summed E-state index contributed by atoms with van der Waals surface area (Å²) in [5.41, 5.74) is 2.08. The van der Waals surface area contributed by atoms with Crippen molar-refractivity contribution in [3.63, 3.8) is 0 Å². The zero-order chi connectivity index (χ0) is 53.8. The van der Waals surface area contributed by atoms with Crippen molar-refractivity contribution in [2.45, 2.75) is 153 Å². The van der Waals surface area contributed by atoms with Crippen molar-refractivity contribution in [2.24, 2.45) is 35.5 Å². The molecule has 2 saturated heterocycles. The first kappa shape index (κ1) is 56.4. The van der Waals surface area contributed by atoms with Crippen LogP contribution in [0.1, 0.15) is 150 Å². The van der Waals surface area contributed by atoms with Gasteiger partial charge in [-0.1, -0.05) is 140 Å². The van der Waals surface area contributed by atoms with Gasteiger partial charge in [0.05, 0.1) is 59.9 Å². The predicted octanol–water partition coefficient (Wildman–Crippen LogP) is 11.7. The van der Waals surface area contributed by atoms with Crippen LogP contribution in [0.3, 0.4) is 0 Å². The summed E-state index contributed by atoms with van der Waals surface area (Å²) >= 11 is 0. The largest absolute Gasteiger partial charge is 0.420 e. The molecule has 10 atom stereocenters. The number of benzene rings is 3. The molecule has 0 radical (unpaired) electrons. The average molecular weight is 1050 g/mol. The molecule has 10 unspecified atom stereocenters. The van der Waals surface area contributed by atoms with Gasteiger partial charge in [-0.15, -0.1) is 0 Å². The molecule has 3 aromatic rings. The molecule has 2 saturated carbocycles. The zero-order valence-electron chi connectivity index (χ0n) is 43.7. The lowest BCUT2D eigenvalue weighted by Crippen LogP contribution is -2.29. The summed E-state index contributed by atoms with van der Waals surface area (Å²) in [6.45, 7) is 0. The lowest BCUT2D eigenvalue weighted by molar-refractivity contribution is -0.198. The van der Waals surface area contributed by atoms with Gasteiger partial charge in [-0.25, -0.2) is 0 Å². The van der Waals surface area contributed by atoms with Crippen LogP contribution in [0, 0.1) is 35.5 Å². The third kappa shape index (κ3) is 17.6. The molecule has 8 aliphatic rings. The molecule has 14 heteroatoms. The fourth-order valence-corrected chi connectivity index (χ4v) is 10.4. The van der Waals surface area contributed by atoms with Crippen LogP contribution in [0.25, 0.3) is 0 Å². The first-order chi connectivity index (χ1) is 37.6. The van der Waals surface area contributed by atoms with E-state index in [1.165, 1.54) is 0 Å². The van der Waals surface area contributed by atoms with Gasteiger partial charge in [0.25, 0.3) is 12.6 Å². The summed E-state index contributed by atoms with van der Waals surface area (Å²) < 4.78 is 38.5. The van der Waals surface area contributed by atoms with Gasteiger partial charge in [-0.3, -0.25) is 33.6 Å². The maximum atomic E-state index is 12.7. The maximum absolute atomic E-state index is 12.7. The number of carbonyl (C=O) groups excluding carboxylic acids is 7. The third-order valence-electron chi connectivity index (χ3n) is 15.3. The molecule has 0 amide bonds. The number of epoxide rings is 2. The van der Waals surface area contributed by atoms with Crippen molar-refractivity contribution in [1.82, 2.24) is 0 Å². The van der Waals surface area contributed by atoms with Crippen LogP contribution in [-0.4, -0.2) is 66.5 Å². The van der Waals surface area contributed by atoms with Gasteiger partial charge in [-0.2, -0.15) is 0 Å². The van der Waals surface area contributed by atoms with Crippen LogP contribution in [0.5, 0.6) is 0 Å². The Morgan fingerprint density at radius 1 is 0.377 bits per heavy atom. The molecule has 0 aromatic heterocycles. The van der Waals surface area contributed by atoms with E-state index in [1.54, 1.807) is 12.1 Å². The van der Waals surface area contributed by atoms with Gasteiger partial charge in [-0.05, 0) is 116 Å². The van der Waals surface area contributed by atoms with Gasteiger partial charge in [0, 0.05) is 16.7 Å². The fourth-order valence-electron chi connectivity index (χ4n) is 10.4. The Morgan fingerprint density at radius 3 is 1.00 bits per heavy atom. The van der Waals surface area contributed by atoms with E-state index in [9.17, 15) is 33.6 Å². The molecule has 0 spiro atoms. The Balaban J connectivity index is 0.000000145. The van der Waals surface area contributed by atoms with Gasteiger partial charge < -0.3 is 33.2 Å². The van der Waals surface area contributed by atoms with Gasteiger partial charge in [0.2, 0.25) is 0 Å². The first-order valence-corrected chi connectivity index (χ1v) is 27.7. The summed E-state index contributed by atoms with van der Waals surface area (Å²) in [6, 6.07) is 27.5. The summed E-state index contributed by atoms with van der Waals surface area (Å²) in [5, 5.41) is 0. The Hall–Kier alpha value is -6.77. The Labute approximate surface area is 451 Å². The lowest BCUT2D eigenvalue weighted by atomic mass is 9.89. The molecule has 4 fully saturated rings. The Kier molecular flexibility index (Phi) is 21.3. The smallest absolute Gasteiger partial charge is 0.316 e. The molecule has 6 aliphatic carbocycles. The first-order valence-electron chi connectivity index (χ1n) is 27.7. The highest BCUT2D eigenvalue weighted by Gasteiger charge is 2.48. The van der Waals surface area contributed by atoms with E-state index in [0.29, 0.717) is 61.9 Å². The SMILES string of the molecule is O=C(OC(=O)C1CC=CCC1)C1CC=CCC1.O=C(OC(OC(=O)C1CC=CCC1)c1ccccc1)C1CC=CCC1.O=C(OC(OC(=O)C1CCC2OC2C1)c1ccccc1)C1CCC2OC2C1.O=Cc1ccccc1. The molecule has 0 N–H and O–H groups in total. The minimum Gasteiger partial charge on any atom is -0.420 e. The number of esters is 6. The topological polar surface area (TPSA) is 191 Å². The fraction of sp³-hybridized carbons (Fsp3) is 0.476. The number of fused-ring (bicyclic) bond motifs is 2. The number of hydrogen-bond acceptors (Lipinski definition) is 14. The summed E-state index contributed by atoms with van der Waals surface area (Å²) in [6.07, 6.45) is 30.4. The second-order valence-corrected chi connectivity index (χ2v) is 20.9. The molecular formula is C63H72O14. The highest BCUT2D eigenvalue weighted by molar-refractivity contribution is 5.88. The normalized spacial score (nSPS) is 27.8. The van der Waals surface area contributed by atoms with Crippen molar-refractivity contribution in [2.75, 3.05) is 0 Å². The number of aldehydes is 1. The number of hydrogen-bond donors (Lipinski definition) is 0. The van der Waals surface area contributed by atoms with Crippen LogP contribution < -0.4 is 0 Å². The highest BCUT2D eigenvalue weighted by Crippen LogP contribution is 2.42. The quantitative estimate of drug-likeness (QED) is 0.0299. The van der Waals surface area contributed by atoms with E-state index < -0.39 is 12.6 Å². The molecule has 77 heavy (non-hydrogen) atoms. The monoisotopic (exact) mass is 1050 g/mol. The van der Waals surface area contributed by atoms with Crippen molar-refractivity contribution in [3.8, 4) is 0 Å². The molecule has 2 heterocycles. The number of ether oxygens (including phenoxy) is 7. The highest BCUT2D eigenvalue weighted by atomic mass is 16.7. The van der Waals surface area contributed by atoms with Crippen molar-refractivity contribution < 1.29 is 66.7 Å². The molecular weight excluding hydrogens is 981 g/mol. The molecule has 3 aromatic carbocycles. The third-order valence-corrected chi connectivity index (χ3v) is 15.3. The number of allylic oxidation sites excluding steroid dienone is 8. The number of rotatable bonds is 13. The second-order valence-electron chi connectivity index (χ2n) is 20.9. The predicted molar refractivity (Wildman–Crippen MR) is 284 cm³/mol. The van der Waals surface area contributed by atoms with E-state index in [4.69, 9.17) is 33.2 Å².